The number of benzene rings is 1. The molecule has 0 bridgehead atoms. The molecular formula is C19H31N3O2. The van der Waals surface area contributed by atoms with E-state index in [0.29, 0.717) is 6.61 Å². The summed E-state index contributed by atoms with van der Waals surface area (Å²) < 4.78 is 11.2. The highest BCUT2D eigenvalue weighted by Gasteiger charge is 2.19. The molecule has 1 aliphatic heterocycles. The standard InChI is InChI=1S/C19H31N3O2/c1-5-11-24-17-9-8-16(12-18(17)23-4)13-21-19(20-3)22-10-6-7-15(2)14-22/h8-9,12,15H,5-7,10-11,13-14H2,1-4H3,(H,20,21). The first kappa shape index (κ1) is 18.4. The Morgan fingerprint density at radius 1 is 1.38 bits per heavy atom. The Morgan fingerprint density at radius 3 is 2.88 bits per heavy atom. The van der Waals surface area contributed by atoms with Crippen molar-refractivity contribution in [3.05, 3.63) is 23.8 Å². The molecule has 1 aromatic rings. The summed E-state index contributed by atoms with van der Waals surface area (Å²) in [6.07, 6.45) is 3.53. The Kier molecular flexibility index (Phi) is 7.22. The first-order valence-corrected chi connectivity index (χ1v) is 8.93. The highest BCUT2D eigenvalue weighted by molar-refractivity contribution is 5.80. The molecule has 0 saturated carbocycles. The molecule has 5 nitrogen and oxygen atoms in total. The van der Waals surface area contributed by atoms with Gasteiger partial charge in [-0.3, -0.25) is 4.99 Å². The molecule has 0 aromatic heterocycles. The number of nitrogens with one attached hydrogen (secondary N) is 1. The summed E-state index contributed by atoms with van der Waals surface area (Å²) in [6, 6.07) is 6.09. The lowest BCUT2D eigenvalue weighted by molar-refractivity contribution is 0.266. The zero-order chi connectivity index (χ0) is 17.4. The Labute approximate surface area is 146 Å². The smallest absolute Gasteiger partial charge is 0.193 e. The molecule has 1 N–H and O–H groups in total. The molecule has 1 saturated heterocycles. The fourth-order valence-electron chi connectivity index (χ4n) is 3.05. The van der Waals surface area contributed by atoms with Gasteiger partial charge in [0, 0.05) is 26.7 Å². The van der Waals surface area contributed by atoms with Crippen LogP contribution in [0.1, 0.15) is 38.7 Å². The van der Waals surface area contributed by atoms with Crippen LogP contribution in [0.5, 0.6) is 11.5 Å². The number of guanidine groups is 1. The summed E-state index contributed by atoms with van der Waals surface area (Å²) in [6.45, 7) is 7.98. The van der Waals surface area contributed by atoms with Gasteiger partial charge in [0.05, 0.1) is 13.7 Å². The van der Waals surface area contributed by atoms with Crippen LogP contribution in [-0.2, 0) is 6.54 Å². The van der Waals surface area contributed by atoms with Gasteiger partial charge in [0.2, 0.25) is 0 Å². The second-order valence-corrected chi connectivity index (χ2v) is 6.43. The van der Waals surface area contributed by atoms with Gasteiger partial charge in [-0.25, -0.2) is 0 Å². The number of nitrogens with zero attached hydrogens (tertiary/aromatic N) is 2. The van der Waals surface area contributed by atoms with E-state index < -0.39 is 0 Å². The van der Waals surface area contributed by atoms with Crippen molar-refractivity contribution in [2.75, 3.05) is 33.9 Å². The van der Waals surface area contributed by atoms with Crippen LogP contribution in [0.3, 0.4) is 0 Å². The first-order valence-electron chi connectivity index (χ1n) is 8.93. The summed E-state index contributed by atoms with van der Waals surface area (Å²) >= 11 is 0. The van der Waals surface area contributed by atoms with Gasteiger partial charge in [-0.15, -0.1) is 0 Å². The summed E-state index contributed by atoms with van der Waals surface area (Å²) in [5, 5.41) is 3.47. The van der Waals surface area contributed by atoms with Crippen LogP contribution in [0.25, 0.3) is 0 Å². The molecule has 134 valence electrons. The molecule has 1 heterocycles. The van der Waals surface area contributed by atoms with E-state index in [4.69, 9.17) is 9.47 Å². The number of hydrogen-bond donors (Lipinski definition) is 1. The number of ether oxygens (including phenoxy) is 2. The molecule has 1 unspecified atom stereocenters. The van der Waals surface area contributed by atoms with Gasteiger partial charge >= 0.3 is 0 Å². The quantitative estimate of drug-likeness (QED) is 0.641. The van der Waals surface area contributed by atoms with Gasteiger partial charge in [-0.2, -0.15) is 0 Å². The van der Waals surface area contributed by atoms with Crippen molar-refractivity contribution in [2.24, 2.45) is 10.9 Å². The van der Waals surface area contributed by atoms with E-state index >= 15 is 0 Å². The van der Waals surface area contributed by atoms with Gasteiger partial charge in [-0.05, 0) is 42.9 Å². The minimum absolute atomic E-state index is 0.702. The molecule has 0 amide bonds. The third-order valence-corrected chi connectivity index (χ3v) is 4.31. The van der Waals surface area contributed by atoms with Gasteiger partial charge in [0.1, 0.15) is 0 Å². The largest absolute Gasteiger partial charge is 0.493 e. The van der Waals surface area contributed by atoms with E-state index in [0.717, 1.165) is 55.0 Å². The second kappa shape index (κ2) is 9.40. The lowest BCUT2D eigenvalue weighted by atomic mass is 10.0. The van der Waals surface area contributed by atoms with Gasteiger partial charge in [0.25, 0.3) is 0 Å². The van der Waals surface area contributed by atoms with E-state index in [1.54, 1.807) is 7.11 Å². The topological polar surface area (TPSA) is 46.1 Å². The molecule has 0 aliphatic carbocycles. The zero-order valence-electron chi connectivity index (χ0n) is 15.5. The van der Waals surface area contributed by atoms with Crippen molar-refractivity contribution in [2.45, 2.75) is 39.7 Å². The molecule has 1 aliphatic rings. The highest BCUT2D eigenvalue weighted by Crippen LogP contribution is 2.28. The highest BCUT2D eigenvalue weighted by atomic mass is 16.5. The summed E-state index contributed by atoms with van der Waals surface area (Å²) in [5.74, 6) is 3.29. The molecular weight excluding hydrogens is 302 g/mol. The maximum Gasteiger partial charge on any atom is 0.193 e. The Bertz CT molecular complexity index is 545. The number of likely N-dealkylation sites (tertiary alicyclic amines) is 1. The summed E-state index contributed by atoms with van der Waals surface area (Å²) in [4.78, 5) is 6.79. The first-order chi connectivity index (χ1) is 11.7. The lowest BCUT2D eigenvalue weighted by Crippen LogP contribution is -2.45. The predicted molar refractivity (Wildman–Crippen MR) is 98.9 cm³/mol. The maximum atomic E-state index is 5.71. The van der Waals surface area contributed by atoms with Gasteiger partial charge in [-0.1, -0.05) is 19.9 Å². The van der Waals surface area contributed by atoms with Crippen molar-refractivity contribution < 1.29 is 9.47 Å². The van der Waals surface area contributed by atoms with Crippen molar-refractivity contribution in [1.82, 2.24) is 10.2 Å². The maximum absolute atomic E-state index is 5.71. The van der Waals surface area contributed by atoms with Crippen LogP contribution in [0.15, 0.2) is 23.2 Å². The van der Waals surface area contributed by atoms with Crippen molar-refractivity contribution in [3.8, 4) is 11.5 Å². The van der Waals surface area contributed by atoms with E-state index in [1.807, 2.05) is 19.2 Å². The van der Waals surface area contributed by atoms with E-state index in [9.17, 15) is 0 Å². The van der Waals surface area contributed by atoms with Gasteiger partial charge in [0.15, 0.2) is 17.5 Å². The second-order valence-electron chi connectivity index (χ2n) is 6.43. The third-order valence-electron chi connectivity index (χ3n) is 4.31. The molecule has 1 fully saturated rings. The molecule has 0 spiro atoms. The fraction of sp³-hybridized carbons (Fsp3) is 0.632. The number of aliphatic imine (C=N–C) groups is 1. The van der Waals surface area contributed by atoms with Crippen LogP contribution < -0.4 is 14.8 Å². The number of piperidine rings is 1. The van der Waals surface area contributed by atoms with Crippen LogP contribution >= 0.6 is 0 Å². The number of methoxy groups -OCH3 is 1. The van der Waals surface area contributed by atoms with Gasteiger partial charge < -0.3 is 19.7 Å². The number of rotatable bonds is 6. The Hall–Kier alpha value is -1.91. The molecule has 1 atom stereocenters. The van der Waals surface area contributed by atoms with E-state index in [-0.39, 0.29) is 0 Å². The Morgan fingerprint density at radius 2 is 2.21 bits per heavy atom. The summed E-state index contributed by atoms with van der Waals surface area (Å²) in [5.41, 5.74) is 1.15. The average Bonchev–Trinajstić information content (AvgIpc) is 2.61. The van der Waals surface area contributed by atoms with Crippen LogP contribution in [0.2, 0.25) is 0 Å². The van der Waals surface area contributed by atoms with Crippen LogP contribution in [0.4, 0.5) is 0 Å². The third kappa shape index (κ3) is 5.05. The molecule has 5 heteroatoms. The molecule has 2 rings (SSSR count). The van der Waals surface area contributed by atoms with Crippen molar-refractivity contribution >= 4 is 5.96 Å². The monoisotopic (exact) mass is 333 g/mol. The molecule has 0 radical (unpaired) electrons. The predicted octanol–water partition coefficient (Wildman–Crippen LogP) is 3.29. The summed E-state index contributed by atoms with van der Waals surface area (Å²) in [7, 11) is 3.53. The van der Waals surface area contributed by atoms with E-state index in [1.165, 1.54) is 12.8 Å². The average molecular weight is 333 g/mol. The molecule has 24 heavy (non-hydrogen) atoms. The minimum Gasteiger partial charge on any atom is -0.493 e. The Balaban J connectivity index is 1.97. The molecule has 1 aromatic carbocycles. The SMILES string of the molecule is CCCOc1ccc(CNC(=NC)N2CCCC(C)C2)cc1OC. The zero-order valence-corrected chi connectivity index (χ0v) is 15.5. The van der Waals surface area contributed by atoms with Crippen molar-refractivity contribution in [3.63, 3.8) is 0 Å². The number of hydrogen-bond acceptors (Lipinski definition) is 3. The van der Waals surface area contributed by atoms with Crippen molar-refractivity contribution in [1.29, 1.82) is 0 Å². The van der Waals surface area contributed by atoms with E-state index in [2.05, 4.69) is 35.1 Å². The minimum atomic E-state index is 0.702. The van der Waals surface area contributed by atoms with Crippen LogP contribution in [-0.4, -0.2) is 44.7 Å². The lowest BCUT2D eigenvalue weighted by Gasteiger charge is -2.33. The fourth-order valence-corrected chi connectivity index (χ4v) is 3.05. The van der Waals surface area contributed by atoms with Crippen LogP contribution in [0, 0.1) is 5.92 Å². The normalized spacial score (nSPS) is 18.4.